The highest BCUT2D eigenvalue weighted by atomic mass is 32.2. The molecule has 1 aliphatic rings. The first-order valence-electron chi connectivity index (χ1n) is 6.45. The van der Waals surface area contributed by atoms with E-state index in [-0.39, 0.29) is 0 Å². The van der Waals surface area contributed by atoms with Crippen molar-refractivity contribution < 1.29 is 13.5 Å². The van der Waals surface area contributed by atoms with E-state index in [4.69, 9.17) is 0 Å². The van der Waals surface area contributed by atoms with E-state index in [0.717, 1.165) is 11.1 Å². The van der Waals surface area contributed by atoms with Gasteiger partial charge in [0.1, 0.15) is 0 Å². The Bertz CT molecular complexity index is 593. The molecule has 4 nitrogen and oxygen atoms in total. The molecule has 19 heavy (non-hydrogen) atoms. The lowest BCUT2D eigenvalue weighted by molar-refractivity contribution is 0.0901. The molecule has 1 aromatic carbocycles. The second kappa shape index (κ2) is 4.58. The number of nitrogens with zero attached hydrogens (tertiary/aromatic N) is 1. The van der Waals surface area contributed by atoms with Crippen molar-refractivity contribution in [3.8, 4) is 0 Å². The van der Waals surface area contributed by atoms with Gasteiger partial charge in [-0.1, -0.05) is 6.07 Å². The van der Waals surface area contributed by atoms with E-state index in [1.54, 1.807) is 26.0 Å². The van der Waals surface area contributed by atoms with Crippen molar-refractivity contribution in [1.29, 1.82) is 0 Å². The third-order valence-corrected chi connectivity index (χ3v) is 6.21. The molecule has 1 fully saturated rings. The highest BCUT2D eigenvalue weighted by Gasteiger charge is 2.46. The molecule has 2 rings (SSSR count). The summed E-state index contributed by atoms with van der Waals surface area (Å²) in [6.07, 6.45) is -0.134. The Hall–Kier alpha value is -0.910. The summed E-state index contributed by atoms with van der Waals surface area (Å²) in [4.78, 5) is 0.303. The molecule has 1 atom stereocenters. The van der Waals surface area contributed by atoms with Gasteiger partial charge < -0.3 is 5.11 Å². The highest BCUT2D eigenvalue weighted by molar-refractivity contribution is 7.89. The third-order valence-electron chi connectivity index (χ3n) is 4.13. The number of hydrogen-bond donors (Lipinski definition) is 1. The number of aliphatic hydroxyl groups excluding tert-OH is 1. The Kier molecular flexibility index (Phi) is 3.49. The smallest absolute Gasteiger partial charge is 0.243 e. The molecule has 1 unspecified atom stereocenters. The number of sulfonamides is 1. The first-order valence-corrected chi connectivity index (χ1v) is 7.89. The maximum Gasteiger partial charge on any atom is 0.243 e. The molecule has 106 valence electrons. The lowest BCUT2D eigenvalue weighted by Gasteiger charge is -2.32. The van der Waals surface area contributed by atoms with Crippen molar-refractivity contribution in [3.63, 3.8) is 0 Å². The van der Waals surface area contributed by atoms with E-state index in [9.17, 15) is 13.5 Å². The number of benzene rings is 1. The summed E-state index contributed by atoms with van der Waals surface area (Å²) >= 11 is 0. The summed E-state index contributed by atoms with van der Waals surface area (Å²) < 4.78 is 26.8. The van der Waals surface area contributed by atoms with E-state index in [1.807, 2.05) is 19.9 Å². The van der Waals surface area contributed by atoms with Crippen LogP contribution < -0.4 is 0 Å². The molecule has 0 bridgehead atoms. The van der Waals surface area contributed by atoms with Gasteiger partial charge in [-0.3, -0.25) is 0 Å². The van der Waals surface area contributed by atoms with Crippen molar-refractivity contribution in [1.82, 2.24) is 4.31 Å². The van der Waals surface area contributed by atoms with Crippen LogP contribution in [0.25, 0.3) is 0 Å². The fraction of sp³-hybridized carbons (Fsp3) is 0.571. The van der Waals surface area contributed by atoms with Crippen LogP contribution in [0.4, 0.5) is 0 Å². The second-order valence-electron chi connectivity index (χ2n) is 5.78. The molecule has 5 heteroatoms. The molecular weight excluding hydrogens is 262 g/mol. The Morgan fingerprint density at radius 3 is 2.37 bits per heavy atom. The molecule has 0 saturated carbocycles. The molecule has 1 aromatic rings. The average molecular weight is 283 g/mol. The molecule has 0 amide bonds. The first-order chi connectivity index (χ1) is 8.67. The van der Waals surface area contributed by atoms with E-state index in [2.05, 4.69) is 0 Å². The Balaban J connectivity index is 2.46. The summed E-state index contributed by atoms with van der Waals surface area (Å²) in [6, 6.07) is 5.16. The van der Waals surface area contributed by atoms with E-state index < -0.39 is 21.7 Å². The van der Waals surface area contributed by atoms with Crippen LogP contribution in [0.2, 0.25) is 0 Å². The molecule has 0 aliphatic carbocycles. The third kappa shape index (κ3) is 2.30. The molecule has 1 saturated heterocycles. The lowest BCUT2D eigenvalue weighted by atomic mass is 10.0. The van der Waals surface area contributed by atoms with Crippen molar-refractivity contribution in [2.24, 2.45) is 0 Å². The molecule has 0 radical (unpaired) electrons. The van der Waals surface area contributed by atoms with Gasteiger partial charge in [0.25, 0.3) is 0 Å². The number of rotatable bonds is 2. The fourth-order valence-electron chi connectivity index (χ4n) is 2.48. The standard InChI is InChI=1S/C14H21NO3S/c1-10-5-6-12(9-11(10)2)19(17,18)15-8-7-13(16)14(15,3)4/h5-6,9,13,16H,7-8H2,1-4H3. The minimum atomic E-state index is -3.55. The zero-order valence-corrected chi connectivity index (χ0v) is 12.7. The Morgan fingerprint density at radius 2 is 1.89 bits per heavy atom. The quantitative estimate of drug-likeness (QED) is 0.901. The van der Waals surface area contributed by atoms with Gasteiger partial charge in [0, 0.05) is 6.54 Å². The maximum atomic E-state index is 12.7. The summed E-state index contributed by atoms with van der Waals surface area (Å²) in [5, 5.41) is 9.93. The van der Waals surface area contributed by atoms with Crippen molar-refractivity contribution in [2.75, 3.05) is 6.54 Å². The Morgan fingerprint density at radius 1 is 1.26 bits per heavy atom. The van der Waals surface area contributed by atoms with Crippen LogP contribution in [-0.2, 0) is 10.0 Å². The monoisotopic (exact) mass is 283 g/mol. The minimum Gasteiger partial charge on any atom is -0.391 e. The zero-order valence-electron chi connectivity index (χ0n) is 11.8. The first kappa shape index (κ1) is 14.5. The van der Waals surface area contributed by atoms with Gasteiger partial charge in [0.2, 0.25) is 10.0 Å². The molecular formula is C14H21NO3S. The predicted octanol–water partition coefficient (Wildman–Crippen LogP) is 1.84. The maximum absolute atomic E-state index is 12.7. The van der Waals surface area contributed by atoms with Crippen LogP contribution in [0.5, 0.6) is 0 Å². The van der Waals surface area contributed by atoms with Crippen LogP contribution in [0, 0.1) is 13.8 Å². The normalized spacial score (nSPS) is 23.7. The molecule has 1 aliphatic heterocycles. The average Bonchev–Trinajstić information content (AvgIpc) is 2.58. The van der Waals surface area contributed by atoms with E-state index in [1.165, 1.54) is 4.31 Å². The van der Waals surface area contributed by atoms with Gasteiger partial charge in [-0.25, -0.2) is 8.42 Å². The molecule has 0 aromatic heterocycles. The van der Waals surface area contributed by atoms with Crippen LogP contribution in [-0.4, -0.2) is 36.0 Å². The van der Waals surface area contributed by atoms with Gasteiger partial charge in [-0.05, 0) is 57.4 Å². The highest BCUT2D eigenvalue weighted by Crippen LogP contribution is 2.34. The summed E-state index contributed by atoms with van der Waals surface area (Å²) in [5.41, 5.74) is 1.27. The second-order valence-corrected chi connectivity index (χ2v) is 7.64. The molecule has 1 heterocycles. The van der Waals surface area contributed by atoms with Gasteiger partial charge >= 0.3 is 0 Å². The van der Waals surface area contributed by atoms with Gasteiger partial charge in [-0.15, -0.1) is 0 Å². The van der Waals surface area contributed by atoms with Gasteiger partial charge in [-0.2, -0.15) is 4.31 Å². The van der Waals surface area contributed by atoms with E-state index in [0.29, 0.717) is 17.9 Å². The zero-order chi connectivity index (χ0) is 14.4. The van der Waals surface area contributed by atoms with E-state index >= 15 is 0 Å². The van der Waals surface area contributed by atoms with Crippen molar-refractivity contribution in [3.05, 3.63) is 29.3 Å². The fourth-order valence-corrected chi connectivity index (χ4v) is 4.39. The summed E-state index contributed by atoms with van der Waals surface area (Å²) in [5.74, 6) is 0. The van der Waals surface area contributed by atoms with Crippen LogP contribution in [0.3, 0.4) is 0 Å². The van der Waals surface area contributed by atoms with Crippen LogP contribution in [0.15, 0.2) is 23.1 Å². The lowest BCUT2D eigenvalue weighted by Crippen LogP contribution is -2.47. The van der Waals surface area contributed by atoms with Crippen LogP contribution >= 0.6 is 0 Å². The van der Waals surface area contributed by atoms with Gasteiger partial charge in [0.05, 0.1) is 16.5 Å². The number of aliphatic hydroxyl groups is 1. The number of hydrogen-bond acceptors (Lipinski definition) is 3. The molecule has 0 spiro atoms. The largest absolute Gasteiger partial charge is 0.391 e. The van der Waals surface area contributed by atoms with Crippen molar-refractivity contribution in [2.45, 2.75) is 50.7 Å². The minimum absolute atomic E-state index is 0.303. The van der Waals surface area contributed by atoms with Crippen molar-refractivity contribution >= 4 is 10.0 Å². The summed E-state index contributed by atoms with van der Waals surface area (Å²) in [6.45, 7) is 7.75. The number of aryl methyl sites for hydroxylation is 2. The molecule has 1 N–H and O–H groups in total. The predicted molar refractivity (Wildman–Crippen MR) is 74.5 cm³/mol. The van der Waals surface area contributed by atoms with Crippen LogP contribution in [0.1, 0.15) is 31.4 Å². The topological polar surface area (TPSA) is 57.6 Å². The van der Waals surface area contributed by atoms with Gasteiger partial charge in [0.15, 0.2) is 0 Å². The SMILES string of the molecule is Cc1ccc(S(=O)(=O)N2CCC(O)C2(C)C)cc1C. The summed E-state index contributed by atoms with van der Waals surface area (Å²) in [7, 11) is -3.55. The Labute approximate surface area is 115 Å².